The summed E-state index contributed by atoms with van der Waals surface area (Å²) in [5.41, 5.74) is 2.74. The van der Waals surface area contributed by atoms with Gasteiger partial charge in [-0.2, -0.15) is 0 Å². The van der Waals surface area contributed by atoms with Crippen molar-refractivity contribution in [1.82, 2.24) is 15.4 Å². The number of aromatic nitrogens is 1. The van der Waals surface area contributed by atoms with E-state index in [1.807, 2.05) is 5.01 Å². The SMILES string of the molecule is O=C(O)c1cccc(C(=O)NN2CCCCC2)n1. The Bertz CT molecular complexity index is 456. The second kappa shape index (κ2) is 5.59. The Labute approximate surface area is 105 Å². The van der Waals surface area contributed by atoms with Crippen LogP contribution < -0.4 is 5.43 Å². The third-order valence-corrected chi connectivity index (χ3v) is 2.82. The molecule has 1 amide bonds. The Kier molecular flexibility index (Phi) is 3.88. The van der Waals surface area contributed by atoms with Crippen molar-refractivity contribution >= 4 is 11.9 Å². The lowest BCUT2D eigenvalue weighted by Gasteiger charge is -2.26. The quantitative estimate of drug-likeness (QED) is 0.832. The van der Waals surface area contributed by atoms with Crippen LogP contribution in [0.5, 0.6) is 0 Å². The molecule has 1 fully saturated rings. The Hall–Kier alpha value is -1.95. The predicted octanol–water partition coefficient (Wildman–Crippen LogP) is 0.911. The van der Waals surface area contributed by atoms with E-state index < -0.39 is 5.97 Å². The lowest BCUT2D eigenvalue weighted by molar-refractivity contribution is 0.0690. The van der Waals surface area contributed by atoms with Gasteiger partial charge in [-0.15, -0.1) is 0 Å². The van der Waals surface area contributed by atoms with Crippen LogP contribution in [0.3, 0.4) is 0 Å². The number of hydrogen-bond acceptors (Lipinski definition) is 4. The van der Waals surface area contributed by atoms with Crippen LogP contribution in [0, 0.1) is 0 Å². The van der Waals surface area contributed by atoms with Crippen molar-refractivity contribution in [3.05, 3.63) is 29.6 Å². The van der Waals surface area contributed by atoms with Gasteiger partial charge >= 0.3 is 5.97 Å². The summed E-state index contributed by atoms with van der Waals surface area (Å²) in [6, 6.07) is 4.38. The summed E-state index contributed by atoms with van der Waals surface area (Å²) in [7, 11) is 0. The largest absolute Gasteiger partial charge is 0.477 e. The van der Waals surface area contributed by atoms with E-state index in [0.717, 1.165) is 25.9 Å². The molecule has 0 radical (unpaired) electrons. The summed E-state index contributed by atoms with van der Waals surface area (Å²) in [5.74, 6) is -1.50. The number of nitrogens with zero attached hydrogens (tertiary/aromatic N) is 2. The van der Waals surface area contributed by atoms with Gasteiger partial charge in [0.1, 0.15) is 11.4 Å². The van der Waals surface area contributed by atoms with Crippen LogP contribution in [-0.2, 0) is 0 Å². The molecule has 6 nitrogen and oxygen atoms in total. The summed E-state index contributed by atoms with van der Waals surface area (Å²) in [6.07, 6.45) is 3.30. The molecule has 1 aromatic rings. The van der Waals surface area contributed by atoms with Gasteiger partial charge in [0.15, 0.2) is 0 Å². The molecule has 1 aromatic heterocycles. The highest BCUT2D eigenvalue weighted by molar-refractivity contribution is 5.93. The van der Waals surface area contributed by atoms with Crippen LogP contribution >= 0.6 is 0 Å². The van der Waals surface area contributed by atoms with Gasteiger partial charge in [-0.1, -0.05) is 12.5 Å². The maximum Gasteiger partial charge on any atom is 0.354 e. The number of hydrazine groups is 1. The van der Waals surface area contributed by atoms with Crippen molar-refractivity contribution < 1.29 is 14.7 Å². The van der Waals surface area contributed by atoms with Crippen molar-refractivity contribution in [2.75, 3.05) is 13.1 Å². The molecular weight excluding hydrogens is 234 g/mol. The number of carbonyl (C=O) groups is 2. The number of carboxylic acid groups (broad SMARTS) is 1. The van der Waals surface area contributed by atoms with E-state index in [2.05, 4.69) is 10.4 Å². The lowest BCUT2D eigenvalue weighted by atomic mass is 10.2. The Morgan fingerprint density at radius 3 is 2.50 bits per heavy atom. The van der Waals surface area contributed by atoms with Crippen LogP contribution in [0.4, 0.5) is 0 Å². The molecule has 0 spiro atoms. The maximum absolute atomic E-state index is 11.9. The van der Waals surface area contributed by atoms with Gasteiger partial charge in [-0.25, -0.2) is 14.8 Å². The zero-order chi connectivity index (χ0) is 13.0. The molecular formula is C12H15N3O3. The second-order valence-electron chi connectivity index (χ2n) is 4.20. The fourth-order valence-electron chi connectivity index (χ4n) is 1.89. The number of nitrogens with one attached hydrogen (secondary N) is 1. The van der Waals surface area contributed by atoms with E-state index >= 15 is 0 Å². The number of pyridine rings is 1. The highest BCUT2D eigenvalue weighted by Gasteiger charge is 2.16. The fraction of sp³-hybridized carbons (Fsp3) is 0.417. The van der Waals surface area contributed by atoms with Crippen LogP contribution in [0.15, 0.2) is 18.2 Å². The van der Waals surface area contributed by atoms with Gasteiger partial charge in [0.2, 0.25) is 0 Å². The zero-order valence-corrected chi connectivity index (χ0v) is 9.93. The van der Waals surface area contributed by atoms with E-state index in [1.165, 1.54) is 24.6 Å². The standard InChI is InChI=1S/C12H15N3O3/c16-11(14-15-7-2-1-3-8-15)9-5-4-6-10(13-9)12(17)18/h4-6H,1-3,7-8H2,(H,14,16)(H,17,18). The first-order chi connectivity index (χ1) is 8.66. The highest BCUT2D eigenvalue weighted by atomic mass is 16.4. The molecule has 96 valence electrons. The second-order valence-corrected chi connectivity index (χ2v) is 4.20. The van der Waals surface area contributed by atoms with E-state index in [1.54, 1.807) is 0 Å². The number of piperidine rings is 1. The number of hydrogen-bond donors (Lipinski definition) is 2. The monoisotopic (exact) mass is 249 g/mol. The van der Waals surface area contributed by atoms with E-state index in [-0.39, 0.29) is 17.3 Å². The molecule has 1 saturated heterocycles. The van der Waals surface area contributed by atoms with Gasteiger partial charge in [0, 0.05) is 13.1 Å². The third kappa shape index (κ3) is 3.04. The Morgan fingerprint density at radius 2 is 1.83 bits per heavy atom. The van der Waals surface area contributed by atoms with Crippen LogP contribution in [-0.4, -0.2) is 40.1 Å². The minimum absolute atomic E-state index is 0.124. The molecule has 0 aromatic carbocycles. The molecule has 1 aliphatic heterocycles. The first-order valence-electron chi connectivity index (χ1n) is 5.93. The number of amides is 1. The maximum atomic E-state index is 11.9. The summed E-state index contributed by atoms with van der Waals surface area (Å²) in [6.45, 7) is 1.65. The summed E-state index contributed by atoms with van der Waals surface area (Å²) < 4.78 is 0. The topological polar surface area (TPSA) is 82.5 Å². The highest BCUT2D eigenvalue weighted by Crippen LogP contribution is 2.07. The summed E-state index contributed by atoms with van der Waals surface area (Å²) in [5, 5.41) is 10.7. The molecule has 1 aliphatic rings. The molecule has 18 heavy (non-hydrogen) atoms. The number of carbonyl (C=O) groups excluding carboxylic acids is 1. The predicted molar refractivity (Wildman–Crippen MR) is 64.1 cm³/mol. The molecule has 2 rings (SSSR count). The van der Waals surface area contributed by atoms with E-state index in [9.17, 15) is 9.59 Å². The zero-order valence-electron chi connectivity index (χ0n) is 9.93. The van der Waals surface area contributed by atoms with Gasteiger partial charge in [-0.05, 0) is 25.0 Å². The first-order valence-corrected chi connectivity index (χ1v) is 5.93. The van der Waals surface area contributed by atoms with Crippen molar-refractivity contribution in [2.24, 2.45) is 0 Å². The van der Waals surface area contributed by atoms with Crippen molar-refractivity contribution in [2.45, 2.75) is 19.3 Å². The third-order valence-electron chi connectivity index (χ3n) is 2.82. The fourth-order valence-corrected chi connectivity index (χ4v) is 1.89. The van der Waals surface area contributed by atoms with E-state index in [0.29, 0.717) is 0 Å². The number of carboxylic acids is 1. The minimum Gasteiger partial charge on any atom is -0.477 e. The first kappa shape index (κ1) is 12.5. The molecule has 0 unspecified atom stereocenters. The molecule has 6 heteroatoms. The van der Waals surface area contributed by atoms with Crippen LogP contribution in [0.25, 0.3) is 0 Å². The Morgan fingerprint density at radius 1 is 1.17 bits per heavy atom. The average molecular weight is 249 g/mol. The minimum atomic E-state index is -1.14. The van der Waals surface area contributed by atoms with Crippen molar-refractivity contribution in [3.8, 4) is 0 Å². The number of rotatable bonds is 3. The average Bonchev–Trinajstić information content (AvgIpc) is 2.40. The van der Waals surface area contributed by atoms with Crippen molar-refractivity contribution in [3.63, 3.8) is 0 Å². The van der Waals surface area contributed by atoms with Gasteiger partial charge in [-0.3, -0.25) is 10.2 Å². The summed E-state index contributed by atoms with van der Waals surface area (Å²) in [4.78, 5) is 26.4. The molecule has 2 heterocycles. The van der Waals surface area contributed by atoms with Gasteiger partial charge < -0.3 is 5.11 Å². The van der Waals surface area contributed by atoms with Gasteiger partial charge in [0.05, 0.1) is 0 Å². The Balaban J connectivity index is 2.03. The molecule has 0 aliphatic carbocycles. The molecule has 0 saturated carbocycles. The smallest absolute Gasteiger partial charge is 0.354 e. The molecule has 0 bridgehead atoms. The molecule has 2 N–H and O–H groups in total. The van der Waals surface area contributed by atoms with Gasteiger partial charge in [0.25, 0.3) is 5.91 Å². The molecule has 0 atom stereocenters. The number of aromatic carboxylic acids is 1. The van der Waals surface area contributed by atoms with Crippen LogP contribution in [0.1, 0.15) is 40.2 Å². The summed E-state index contributed by atoms with van der Waals surface area (Å²) >= 11 is 0. The van der Waals surface area contributed by atoms with E-state index in [4.69, 9.17) is 5.11 Å². The lowest BCUT2D eigenvalue weighted by Crippen LogP contribution is -2.45. The normalized spacial score (nSPS) is 16.2. The van der Waals surface area contributed by atoms with Crippen LogP contribution in [0.2, 0.25) is 0 Å². The van der Waals surface area contributed by atoms with Crippen molar-refractivity contribution in [1.29, 1.82) is 0 Å².